The molecule has 0 aromatic heterocycles. The minimum atomic E-state index is -4.52. The van der Waals surface area contributed by atoms with Crippen LogP contribution in [0.2, 0.25) is 0 Å². The van der Waals surface area contributed by atoms with Crippen molar-refractivity contribution in [3.05, 3.63) is 34.9 Å². The summed E-state index contributed by atoms with van der Waals surface area (Å²) in [6.07, 6.45) is -4.52. The van der Waals surface area contributed by atoms with Gasteiger partial charge in [0.2, 0.25) is 0 Å². The number of rotatable bonds is 2. The molecule has 0 atom stereocenters. The number of carbonyl (C=O) groups is 1. The third-order valence-corrected chi connectivity index (χ3v) is 2.40. The van der Waals surface area contributed by atoms with E-state index >= 15 is 0 Å². The van der Waals surface area contributed by atoms with Crippen LogP contribution in [0.15, 0.2) is 18.2 Å². The fourth-order valence-corrected chi connectivity index (χ4v) is 1.42. The molecule has 0 saturated carbocycles. The Bertz CT molecular complexity index is 462. The fraction of sp³-hybridized carbons (Fsp3) is 0.200. The summed E-state index contributed by atoms with van der Waals surface area (Å²) in [5.74, 6) is -0.553. The molecule has 0 amide bonds. The van der Waals surface area contributed by atoms with Gasteiger partial charge in [-0.3, -0.25) is 4.79 Å². The minimum absolute atomic E-state index is 0.0579. The van der Waals surface area contributed by atoms with Gasteiger partial charge in [0.15, 0.2) is 5.78 Å². The smallest absolute Gasteiger partial charge is 0.293 e. The largest absolute Gasteiger partial charge is 0.416 e. The van der Waals surface area contributed by atoms with Gasteiger partial charge in [0.1, 0.15) is 0 Å². The highest BCUT2D eigenvalue weighted by atomic mass is 79.9. The lowest BCUT2D eigenvalue weighted by Gasteiger charge is -2.08. The van der Waals surface area contributed by atoms with Crippen LogP contribution in [-0.4, -0.2) is 11.1 Å². The molecule has 84 valence electrons. The first kappa shape index (κ1) is 12.7. The van der Waals surface area contributed by atoms with E-state index < -0.39 is 17.5 Å². The van der Waals surface area contributed by atoms with E-state index in [1.807, 2.05) is 0 Å². The van der Waals surface area contributed by atoms with Crippen molar-refractivity contribution in [3.63, 3.8) is 0 Å². The van der Waals surface area contributed by atoms with Crippen LogP contribution in [0.25, 0.3) is 0 Å². The van der Waals surface area contributed by atoms with Crippen LogP contribution in [0.5, 0.6) is 0 Å². The van der Waals surface area contributed by atoms with Gasteiger partial charge in [0.25, 0.3) is 0 Å². The van der Waals surface area contributed by atoms with Crippen molar-refractivity contribution in [1.82, 2.24) is 0 Å². The highest BCUT2D eigenvalue weighted by molar-refractivity contribution is 9.09. The molecule has 1 aromatic rings. The standard InChI is InChI=1S/C10H5BrF3NO/c11-4-9(16)8-3-7(10(12,13)14)2-1-6(8)5-15/h1-3H,4H2. The minimum Gasteiger partial charge on any atom is -0.293 e. The summed E-state index contributed by atoms with van der Waals surface area (Å²) in [5.41, 5.74) is -1.21. The number of nitriles is 1. The van der Waals surface area contributed by atoms with Crippen LogP contribution in [0, 0.1) is 11.3 Å². The van der Waals surface area contributed by atoms with Crippen molar-refractivity contribution in [2.75, 3.05) is 5.33 Å². The van der Waals surface area contributed by atoms with Gasteiger partial charge in [0.05, 0.1) is 22.5 Å². The molecule has 2 nitrogen and oxygen atoms in total. The lowest BCUT2D eigenvalue weighted by Crippen LogP contribution is -2.09. The Balaban J connectivity index is 3.34. The highest BCUT2D eigenvalue weighted by Gasteiger charge is 2.31. The molecule has 0 bridgehead atoms. The van der Waals surface area contributed by atoms with Crippen LogP contribution in [0.4, 0.5) is 13.2 Å². The number of alkyl halides is 4. The molecular weight excluding hydrogens is 287 g/mol. The van der Waals surface area contributed by atoms with Crippen LogP contribution in [-0.2, 0) is 6.18 Å². The molecule has 1 rings (SSSR count). The Kier molecular flexibility index (Phi) is 3.70. The SMILES string of the molecule is N#Cc1ccc(C(F)(F)F)cc1C(=O)CBr. The Labute approximate surface area is 97.8 Å². The van der Waals surface area contributed by atoms with Crippen LogP contribution in [0.3, 0.4) is 0 Å². The summed E-state index contributed by atoms with van der Waals surface area (Å²) in [6, 6.07) is 4.16. The molecule has 0 radical (unpaired) electrons. The zero-order chi connectivity index (χ0) is 12.3. The molecule has 16 heavy (non-hydrogen) atoms. The third-order valence-electron chi connectivity index (χ3n) is 1.89. The van der Waals surface area contributed by atoms with Gasteiger partial charge >= 0.3 is 6.18 Å². The van der Waals surface area contributed by atoms with E-state index in [1.54, 1.807) is 6.07 Å². The molecule has 0 unspecified atom stereocenters. The van der Waals surface area contributed by atoms with Gasteiger partial charge in [-0.2, -0.15) is 18.4 Å². The maximum Gasteiger partial charge on any atom is 0.416 e. The molecule has 0 heterocycles. The summed E-state index contributed by atoms with van der Waals surface area (Å²) in [6.45, 7) is 0. The maximum absolute atomic E-state index is 12.4. The van der Waals surface area contributed by atoms with Crippen LogP contribution in [0.1, 0.15) is 21.5 Å². The topological polar surface area (TPSA) is 40.9 Å². The summed E-state index contributed by atoms with van der Waals surface area (Å²) in [4.78, 5) is 11.3. The van der Waals surface area contributed by atoms with Gasteiger partial charge in [0, 0.05) is 5.56 Å². The van der Waals surface area contributed by atoms with Gasteiger partial charge in [-0.15, -0.1) is 0 Å². The normalized spacial score (nSPS) is 10.9. The zero-order valence-electron chi connectivity index (χ0n) is 7.81. The molecule has 0 spiro atoms. The number of hydrogen-bond acceptors (Lipinski definition) is 2. The number of ketones is 1. The highest BCUT2D eigenvalue weighted by Crippen LogP contribution is 2.30. The lowest BCUT2D eigenvalue weighted by molar-refractivity contribution is -0.137. The molecule has 1 aromatic carbocycles. The number of carbonyl (C=O) groups excluding carboxylic acids is 1. The van der Waals surface area contributed by atoms with Crippen molar-refractivity contribution in [2.45, 2.75) is 6.18 Å². The van der Waals surface area contributed by atoms with Crippen molar-refractivity contribution < 1.29 is 18.0 Å². The number of benzene rings is 1. The summed E-state index contributed by atoms with van der Waals surface area (Å²) in [5, 5.41) is 8.54. The van der Waals surface area contributed by atoms with Gasteiger partial charge < -0.3 is 0 Å². The Morgan fingerprint density at radius 3 is 2.50 bits per heavy atom. The molecule has 0 aliphatic heterocycles. The second kappa shape index (κ2) is 4.66. The molecule has 0 fully saturated rings. The monoisotopic (exact) mass is 291 g/mol. The Morgan fingerprint density at radius 2 is 2.06 bits per heavy atom. The Morgan fingerprint density at radius 1 is 1.44 bits per heavy atom. The van der Waals surface area contributed by atoms with Crippen molar-refractivity contribution in [1.29, 1.82) is 5.26 Å². The summed E-state index contributed by atoms with van der Waals surface area (Å²) < 4.78 is 37.1. The van der Waals surface area contributed by atoms with Crippen molar-refractivity contribution in [2.24, 2.45) is 0 Å². The summed E-state index contributed by atoms with van der Waals surface area (Å²) in [7, 11) is 0. The van der Waals surface area contributed by atoms with Gasteiger partial charge in [-0.25, -0.2) is 0 Å². The fourth-order valence-electron chi connectivity index (χ4n) is 1.12. The number of halogens is 4. The first-order valence-corrected chi connectivity index (χ1v) is 5.22. The predicted octanol–water partition coefficient (Wildman–Crippen LogP) is 3.15. The molecule has 0 N–H and O–H groups in total. The summed E-state index contributed by atoms with van der Waals surface area (Å²) >= 11 is 2.85. The van der Waals surface area contributed by atoms with Crippen LogP contribution < -0.4 is 0 Å². The van der Waals surface area contributed by atoms with Gasteiger partial charge in [-0.1, -0.05) is 15.9 Å². The number of Topliss-reactive ketones (excluding diaryl/α,β-unsaturated/α-hetero) is 1. The predicted molar refractivity (Wildman–Crippen MR) is 54.3 cm³/mol. The van der Waals surface area contributed by atoms with Gasteiger partial charge in [-0.05, 0) is 18.2 Å². The van der Waals surface area contributed by atoms with Crippen LogP contribution >= 0.6 is 15.9 Å². The molecule has 0 aliphatic carbocycles. The van der Waals surface area contributed by atoms with E-state index in [9.17, 15) is 18.0 Å². The van der Waals surface area contributed by atoms with E-state index in [1.165, 1.54) is 0 Å². The molecule has 6 heteroatoms. The Hall–Kier alpha value is -1.35. The first-order valence-electron chi connectivity index (χ1n) is 4.10. The van der Waals surface area contributed by atoms with E-state index in [2.05, 4.69) is 15.9 Å². The number of nitrogens with zero attached hydrogens (tertiary/aromatic N) is 1. The molecule has 0 saturated heterocycles. The van der Waals surface area contributed by atoms with E-state index in [4.69, 9.17) is 5.26 Å². The van der Waals surface area contributed by atoms with E-state index in [0.717, 1.165) is 12.1 Å². The second-order valence-corrected chi connectivity index (χ2v) is 3.49. The lowest BCUT2D eigenvalue weighted by atomic mass is 10.0. The van der Waals surface area contributed by atoms with E-state index in [0.29, 0.717) is 6.07 Å². The molecule has 0 aliphatic rings. The van der Waals surface area contributed by atoms with E-state index in [-0.39, 0.29) is 16.5 Å². The first-order chi connectivity index (χ1) is 7.40. The average molecular weight is 292 g/mol. The quantitative estimate of drug-likeness (QED) is 0.620. The number of hydrogen-bond donors (Lipinski definition) is 0. The zero-order valence-corrected chi connectivity index (χ0v) is 9.39. The second-order valence-electron chi connectivity index (χ2n) is 2.93. The van der Waals surface area contributed by atoms with Crippen molar-refractivity contribution in [3.8, 4) is 6.07 Å². The molecular formula is C10H5BrF3NO. The average Bonchev–Trinajstić information content (AvgIpc) is 2.25. The van der Waals surface area contributed by atoms with Crippen molar-refractivity contribution >= 4 is 21.7 Å². The maximum atomic E-state index is 12.4. The third kappa shape index (κ3) is 2.61.